The van der Waals surface area contributed by atoms with Crippen LogP contribution in [0.5, 0.6) is 0 Å². The number of nitrogens with zero attached hydrogens (tertiary/aromatic N) is 2. The molecule has 1 rings (SSSR count). The van der Waals surface area contributed by atoms with Gasteiger partial charge in [0.2, 0.25) is 0 Å². The molecule has 1 unspecified atom stereocenters. The van der Waals surface area contributed by atoms with Gasteiger partial charge in [-0.3, -0.25) is 0 Å². The molecular formula is C12H21N3O. The van der Waals surface area contributed by atoms with E-state index in [1.54, 1.807) is 6.20 Å². The lowest BCUT2D eigenvalue weighted by atomic mass is 10.3. The predicted molar refractivity (Wildman–Crippen MR) is 64.0 cm³/mol. The van der Waals surface area contributed by atoms with Gasteiger partial charge in [0, 0.05) is 25.4 Å². The van der Waals surface area contributed by atoms with Crippen LogP contribution >= 0.6 is 0 Å². The minimum Gasteiger partial charge on any atom is -0.371 e. The summed E-state index contributed by atoms with van der Waals surface area (Å²) in [6.45, 7) is 9.63. The van der Waals surface area contributed by atoms with E-state index in [2.05, 4.69) is 29.1 Å². The van der Waals surface area contributed by atoms with Gasteiger partial charge in [0.1, 0.15) is 6.10 Å². The van der Waals surface area contributed by atoms with Gasteiger partial charge < -0.3 is 10.1 Å². The molecule has 1 aromatic heterocycles. The van der Waals surface area contributed by atoms with Crippen LogP contribution in [0.1, 0.15) is 45.3 Å². The second kappa shape index (κ2) is 6.55. The first-order chi connectivity index (χ1) is 7.63. The lowest BCUT2D eigenvalue weighted by Crippen LogP contribution is -2.22. The number of ether oxygens (including phenoxy) is 1. The maximum Gasteiger partial charge on any atom is 0.157 e. The van der Waals surface area contributed by atoms with E-state index in [0.29, 0.717) is 12.6 Å². The van der Waals surface area contributed by atoms with Crippen LogP contribution in [0, 0.1) is 0 Å². The molecule has 4 nitrogen and oxygen atoms in total. The molecule has 0 saturated carbocycles. The molecule has 90 valence electrons. The van der Waals surface area contributed by atoms with Crippen LogP contribution < -0.4 is 5.32 Å². The number of rotatable bonds is 6. The van der Waals surface area contributed by atoms with Crippen molar-refractivity contribution in [1.29, 1.82) is 0 Å². The first kappa shape index (κ1) is 13.1. The van der Waals surface area contributed by atoms with Gasteiger partial charge in [-0.05, 0) is 19.9 Å². The minimum atomic E-state index is -0.0380. The maximum atomic E-state index is 5.46. The van der Waals surface area contributed by atoms with Crippen molar-refractivity contribution in [3.8, 4) is 0 Å². The molecular weight excluding hydrogens is 202 g/mol. The van der Waals surface area contributed by atoms with Crippen LogP contribution in [0.15, 0.2) is 12.3 Å². The van der Waals surface area contributed by atoms with Crippen molar-refractivity contribution >= 4 is 0 Å². The molecule has 1 N–H and O–H groups in total. The standard InChI is InChI=1S/C12H21N3O/c1-5-16-10(4)12-13-7-6-11(15-12)8-14-9(2)3/h6-7,9-10,14H,5,8H2,1-4H3. The fourth-order valence-electron chi connectivity index (χ4n) is 1.34. The van der Waals surface area contributed by atoms with Gasteiger partial charge in [-0.1, -0.05) is 13.8 Å². The fourth-order valence-corrected chi connectivity index (χ4v) is 1.34. The van der Waals surface area contributed by atoms with Crippen LogP contribution in [0.4, 0.5) is 0 Å². The molecule has 0 aliphatic rings. The molecule has 0 spiro atoms. The zero-order valence-electron chi connectivity index (χ0n) is 10.5. The summed E-state index contributed by atoms with van der Waals surface area (Å²) in [5.74, 6) is 0.755. The number of nitrogens with one attached hydrogen (secondary N) is 1. The Kier molecular flexibility index (Phi) is 5.35. The van der Waals surface area contributed by atoms with Crippen LogP contribution in [0.3, 0.4) is 0 Å². The monoisotopic (exact) mass is 223 g/mol. The summed E-state index contributed by atoms with van der Waals surface area (Å²) in [5.41, 5.74) is 1.00. The van der Waals surface area contributed by atoms with Crippen molar-refractivity contribution in [1.82, 2.24) is 15.3 Å². The molecule has 0 radical (unpaired) electrons. The van der Waals surface area contributed by atoms with Gasteiger partial charge in [-0.25, -0.2) is 9.97 Å². The quantitative estimate of drug-likeness (QED) is 0.802. The van der Waals surface area contributed by atoms with Crippen LogP contribution in [0.25, 0.3) is 0 Å². The first-order valence-corrected chi connectivity index (χ1v) is 5.80. The SMILES string of the molecule is CCOC(C)c1nccc(CNC(C)C)n1. The smallest absolute Gasteiger partial charge is 0.157 e. The first-order valence-electron chi connectivity index (χ1n) is 5.80. The highest BCUT2D eigenvalue weighted by Crippen LogP contribution is 2.11. The molecule has 0 amide bonds. The van der Waals surface area contributed by atoms with Crippen molar-refractivity contribution in [3.05, 3.63) is 23.8 Å². The Bertz CT molecular complexity index is 315. The van der Waals surface area contributed by atoms with E-state index in [1.165, 1.54) is 0 Å². The molecule has 0 aromatic carbocycles. The Morgan fingerprint density at radius 3 is 2.75 bits per heavy atom. The molecule has 1 heterocycles. The van der Waals surface area contributed by atoms with Crippen LogP contribution in [0.2, 0.25) is 0 Å². The molecule has 0 saturated heterocycles. The molecule has 4 heteroatoms. The Hall–Kier alpha value is -1.00. The van der Waals surface area contributed by atoms with E-state index in [-0.39, 0.29) is 6.10 Å². The molecule has 0 fully saturated rings. The summed E-state index contributed by atoms with van der Waals surface area (Å²) in [4.78, 5) is 8.69. The van der Waals surface area contributed by atoms with Crippen molar-refractivity contribution in [2.24, 2.45) is 0 Å². The van der Waals surface area contributed by atoms with Crippen LogP contribution in [-0.4, -0.2) is 22.6 Å². The third-order valence-electron chi connectivity index (χ3n) is 2.20. The topological polar surface area (TPSA) is 47.0 Å². The second-order valence-electron chi connectivity index (χ2n) is 4.04. The van der Waals surface area contributed by atoms with Crippen molar-refractivity contribution in [3.63, 3.8) is 0 Å². The van der Waals surface area contributed by atoms with Gasteiger partial charge in [0.15, 0.2) is 5.82 Å². The average molecular weight is 223 g/mol. The molecule has 0 aliphatic carbocycles. The third-order valence-corrected chi connectivity index (χ3v) is 2.20. The summed E-state index contributed by atoms with van der Waals surface area (Å²) in [6.07, 6.45) is 1.75. The predicted octanol–water partition coefficient (Wildman–Crippen LogP) is 2.07. The van der Waals surface area contributed by atoms with Crippen molar-refractivity contribution in [2.75, 3.05) is 6.61 Å². The Balaban J connectivity index is 2.63. The normalized spacial score (nSPS) is 13.1. The molecule has 16 heavy (non-hydrogen) atoms. The van der Waals surface area contributed by atoms with Gasteiger partial charge in [-0.15, -0.1) is 0 Å². The van der Waals surface area contributed by atoms with Gasteiger partial charge in [-0.2, -0.15) is 0 Å². The summed E-state index contributed by atoms with van der Waals surface area (Å²) in [7, 11) is 0. The van der Waals surface area contributed by atoms with Crippen molar-refractivity contribution in [2.45, 2.75) is 46.4 Å². The molecule has 1 aromatic rings. The molecule has 0 aliphatic heterocycles. The fraction of sp³-hybridized carbons (Fsp3) is 0.667. The molecule has 1 atom stereocenters. The van der Waals surface area contributed by atoms with Crippen molar-refractivity contribution < 1.29 is 4.74 Å². The number of hydrogen-bond acceptors (Lipinski definition) is 4. The summed E-state index contributed by atoms with van der Waals surface area (Å²) >= 11 is 0. The van der Waals surface area contributed by atoms with Gasteiger partial charge >= 0.3 is 0 Å². The lowest BCUT2D eigenvalue weighted by Gasteiger charge is -2.12. The van der Waals surface area contributed by atoms with Gasteiger partial charge in [0.25, 0.3) is 0 Å². The highest BCUT2D eigenvalue weighted by molar-refractivity contribution is 5.03. The summed E-state index contributed by atoms with van der Waals surface area (Å²) in [5, 5.41) is 3.33. The lowest BCUT2D eigenvalue weighted by molar-refractivity contribution is 0.0698. The van der Waals surface area contributed by atoms with E-state index in [0.717, 1.165) is 18.1 Å². The minimum absolute atomic E-state index is 0.0380. The second-order valence-corrected chi connectivity index (χ2v) is 4.04. The Morgan fingerprint density at radius 2 is 2.12 bits per heavy atom. The largest absolute Gasteiger partial charge is 0.371 e. The average Bonchev–Trinajstić information content (AvgIpc) is 2.27. The van der Waals surface area contributed by atoms with E-state index in [4.69, 9.17) is 4.74 Å². The summed E-state index contributed by atoms with van der Waals surface area (Å²) in [6, 6.07) is 2.39. The highest BCUT2D eigenvalue weighted by atomic mass is 16.5. The number of hydrogen-bond donors (Lipinski definition) is 1. The van der Waals surface area contributed by atoms with E-state index in [1.807, 2.05) is 19.9 Å². The highest BCUT2D eigenvalue weighted by Gasteiger charge is 2.08. The zero-order chi connectivity index (χ0) is 12.0. The number of aromatic nitrogens is 2. The van der Waals surface area contributed by atoms with E-state index < -0.39 is 0 Å². The van der Waals surface area contributed by atoms with Gasteiger partial charge in [0.05, 0.1) is 5.69 Å². The van der Waals surface area contributed by atoms with E-state index >= 15 is 0 Å². The summed E-state index contributed by atoms with van der Waals surface area (Å²) < 4.78 is 5.46. The maximum absolute atomic E-state index is 5.46. The molecule has 0 bridgehead atoms. The third kappa shape index (κ3) is 4.24. The van der Waals surface area contributed by atoms with Crippen LogP contribution in [-0.2, 0) is 11.3 Å². The van der Waals surface area contributed by atoms with E-state index in [9.17, 15) is 0 Å². The zero-order valence-corrected chi connectivity index (χ0v) is 10.5. The Labute approximate surface area is 97.5 Å². The Morgan fingerprint density at radius 1 is 1.38 bits per heavy atom.